The Hall–Kier alpha value is -2.27. The molecule has 2 rings (SSSR count). The average molecular weight is 336 g/mol. The van der Waals surface area contributed by atoms with Crippen LogP contribution in [-0.2, 0) is 11.3 Å². The fourth-order valence-electron chi connectivity index (χ4n) is 2.39. The molecule has 0 bridgehead atoms. The van der Waals surface area contributed by atoms with Crippen molar-refractivity contribution in [1.29, 1.82) is 0 Å². The highest BCUT2D eigenvalue weighted by Crippen LogP contribution is 2.22. The zero-order chi connectivity index (χ0) is 17.1. The van der Waals surface area contributed by atoms with Gasteiger partial charge in [-0.25, -0.2) is 4.79 Å². The molecule has 1 atom stereocenters. The van der Waals surface area contributed by atoms with E-state index in [1.807, 2.05) is 6.07 Å². The maximum Gasteiger partial charge on any atom is 0.339 e. The lowest BCUT2D eigenvalue weighted by Gasteiger charge is -2.20. The molecule has 0 aliphatic heterocycles. The summed E-state index contributed by atoms with van der Waals surface area (Å²) in [5.74, 6) is -0.726. The van der Waals surface area contributed by atoms with Gasteiger partial charge >= 0.3 is 5.97 Å². The van der Waals surface area contributed by atoms with E-state index in [1.165, 1.54) is 11.0 Å². The summed E-state index contributed by atoms with van der Waals surface area (Å²) in [7, 11) is 1.65. The molecule has 0 spiro atoms. The highest BCUT2D eigenvalue weighted by Gasteiger charge is 2.22. The van der Waals surface area contributed by atoms with Gasteiger partial charge in [0, 0.05) is 12.1 Å². The van der Waals surface area contributed by atoms with E-state index in [1.54, 1.807) is 39.1 Å². The van der Waals surface area contributed by atoms with Crippen LogP contribution in [0, 0.1) is 6.92 Å². The van der Waals surface area contributed by atoms with Crippen molar-refractivity contribution in [1.82, 2.24) is 4.90 Å². The first-order valence-electron chi connectivity index (χ1n) is 7.12. The second-order valence-corrected chi connectivity index (χ2v) is 5.90. The van der Waals surface area contributed by atoms with E-state index in [2.05, 4.69) is 0 Å². The first-order valence-corrected chi connectivity index (χ1v) is 7.50. The number of aryl methyl sites for hydroxylation is 1. The van der Waals surface area contributed by atoms with Gasteiger partial charge in [0.15, 0.2) is 0 Å². The van der Waals surface area contributed by atoms with Gasteiger partial charge < -0.3 is 14.4 Å². The molecule has 0 saturated heterocycles. The van der Waals surface area contributed by atoms with Crippen molar-refractivity contribution in [3.8, 4) is 0 Å². The Morgan fingerprint density at radius 1 is 1.35 bits per heavy atom. The molecule has 1 amide bonds. The molecule has 1 aromatic heterocycles. The largest absolute Gasteiger partial charge is 0.478 e. The molecule has 1 unspecified atom stereocenters. The SMILES string of the molecule is Cc1oc(CN(C)C(=O)C(C)c2cccc(Cl)c2)cc1C(=O)O. The number of hydrogen-bond acceptors (Lipinski definition) is 3. The van der Waals surface area contributed by atoms with Gasteiger partial charge in [0.05, 0.1) is 12.5 Å². The molecule has 0 aliphatic carbocycles. The summed E-state index contributed by atoms with van der Waals surface area (Å²) >= 11 is 5.96. The Labute approximate surface area is 139 Å². The quantitative estimate of drug-likeness (QED) is 0.904. The molecule has 0 aliphatic rings. The second kappa shape index (κ2) is 6.87. The number of hydrogen-bond donors (Lipinski definition) is 1. The van der Waals surface area contributed by atoms with Crippen molar-refractivity contribution in [2.45, 2.75) is 26.3 Å². The number of carbonyl (C=O) groups excluding carboxylic acids is 1. The van der Waals surface area contributed by atoms with Crippen molar-refractivity contribution in [2.75, 3.05) is 7.05 Å². The van der Waals surface area contributed by atoms with Gasteiger partial charge in [0.2, 0.25) is 5.91 Å². The fourth-order valence-corrected chi connectivity index (χ4v) is 2.59. The lowest BCUT2D eigenvalue weighted by molar-refractivity contribution is -0.131. The summed E-state index contributed by atoms with van der Waals surface area (Å²) in [5.41, 5.74) is 0.944. The van der Waals surface area contributed by atoms with Gasteiger partial charge in [-0.2, -0.15) is 0 Å². The molecule has 122 valence electrons. The maximum absolute atomic E-state index is 12.5. The number of rotatable bonds is 5. The third-order valence-corrected chi connectivity index (χ3v) is 3.92. The molecular formula is C17H18ClNO4. The molecule has 5 nitrogen and oxygen atoms in total. The summed E-state index contributed by atoms with van der Waals surface area (Å²) in [6.07, 6.45) is 0. The highest BCUT2D eigenvalue weighted by molar-refractivity contribution is 6.30. The number of carbonyl (C=O) groups is 2. The maximum atomic E-state index is 12.5. The van der Waals surface area contributed by atoms with Gasteiger partial charge in [-0.15, -0.1) is 0 Å². The van der Waals surface area contributed by atoms with Crippen molar-refractivity contribution < 1.29 is 19.1 Å². The van der Waals surface area contributed by atoms with E-state index in [-0.39, 0.29) is 23.9 Å². The monoisotopic (exact) mass is 335 g/mol. The minimum absolute atomic E-state index is 0.0989. The summed E-state index contributed by atoms with van der Waals surface area (Å²) < 4.78 is 5.41. The van der Waals surface area contributed by atoms with Crippen molar-refractivity contribution in [3.63, 3.8) is 0 Å². The van der Waals surface area contributed by atoms with Crippen LogP contribution < -0.4 is 0 Å². The Morgan fingerprint density at radius 2 is 2.04 bits per heavy atom. The van der Waals surface area contributed by atoms with E-state index in [0.717, 1.165) is 5.56 Å². The minimum Gasteiger partial charge on any atom is -0.478 e. The van der Waals surface area contributed by atoms with Gasteiger partial charge in [-0.05, 0) is 37.6 Å². The Morgan fingerprint density at radius 3 is 2.61 bits per heavy atom. The van der Waals surface area contributed by atoms with Crippen molar-refractivity contribution >= 4 is 23.5 Å². The normalized spacial score (nSPS) is 12.0. The second-order valence-electron chi connectivity index (χ2n) is 5.46. The fraction of sp³-hybridized carbons (Fsp3) is 0.294. The predicted molar refractivity (Wildman–Crippen MR) is 86.7 cm³/mol. The molecule has 2 aromatic rings. The molecule has 1 aromatic carbocycles. The van der Waals surface area contributed by atoms with Crippen LogP contribution in [0.2, 0.25) is 5.02 Å². The number of amides is 1. The lowest BCUT2D eigenvalue weighted by Crippen LogP contribution is -2.30. The number of benzene rings is 1. The van der Waals surface area contributed by atoms with Gasteiger partial charge in [0.1, 0.15) is 17.1 Å². The number of nitrogens with zero attached hydrogens (tertiary/aromatic N) is 1. The summed E-state index contributed by atoms with van der Waals surface area (Å²) in [4.78, 5) is 25.0. The molecule has 23 heavy (non-hydrogen) atoms. The first kappa shape index (κ1) is 17.1. The van der Waals surface area contributed by atoms with E-state index >= 15 is 0 Å². The predicted octanol–water partition coefficient (Wildman–Crippen LogP) is 3.70. The van der Waals surface area contributed by atoms with Gasteiger partial charge in [-0.1, -0.05) is 23.7 Å². The van der Waals surface area contributed by atoms with Crippen LogP contribution in [0.4, 0.5) is 0 Å². The topological polar surface area (TPSA) is 70.8 Å². The van der Waals surface area contributed by atoms with E-state index in [9.17, 15) is 9.59 Å². The lowest BCUT2D eigenvalue weighted by atomic mass is 10.00. The van der Waals surface area contributed by atoms with Crippen LogP contribution in [0.3, 0.4) is 0 Å². The summed E-state index contributed by atoms with van der Waals surface area (Å²) in [5, 5.41) is 9.61. The molecular weight excluding hydrogens is 318 g/mol. The average Bonchev–Trinajstić information content (AvgIpc) is 2.86. The van der Waals surface area contributed by atoms with Crippen LogP contribution in [0.5, 0.6) is 0 Å². The highest BCUT2D eigenvalue weighted by atomic mass is 35.5. The van der Waals surface area contributed by atoms with E-state index < -0.39 is 5.97 Å². The van der Waals surface area contributed by atoms with E-state index in [0.29, 0.717) is 16.5 Å². The number of aromatic carboxylic acids is 1. The van der Waals surface area contributed by atoms with Crippen LogP contribution in [0.25, 0.3) is 0 Å². The number of likely N-dealkylation sites (N-methyl/N-ethyl adjacent to an activating group) is 1. The summed E-state index contributed by atoms with van der Waals surface area (Å²) in [6, 6.07) is 8.62. The molecule has 1 N–H and O–H groups in total. The number of halogens is 1. The minimum atomic E-state index is -1.04. The zero-order valence-electron chi connectivity index (χ0n) is 13.2. The Balaban J connectivity index is 2.10. The van der Waals surface area contributed by atoms with Crippen LogP contribution in [0.15, 0.2) is 34.7 Å². The number of carboxylic acid groups (broad SMARTS) is 1. The molecule has 0 saturated carbocycles. The Kier molecular flexibility index (Phi) is 5.11. The van der Waals surface area contributed by atoms with Gasteiger partial charge in [-0.3, -0.25) is 4.79 Å². The van der Waals surface area contributed by atoms with Crippen molar-refractivity contribution in [3.05, 3.63) is 58.0 Å². The molecule has 0 radical (unpaired) electrons. The third kappa shape index (κ3) is 3.93. The molecule has 1 heterocycles. The van der Waals surface area contributed by atoms with Gasteiger partial charge in [0.25, 0.3) is 0 Å². The smallest absolute Gasteiger partial charge is 0.339 e. The first-order chi connectivity index (χ1) is 10.8. The molecule has 6 heteroatoms. The van der Waals surface area contributed by atoms with Crippen LogP contribution >= 0.6 is 11.6 Å². The van der Waals surface area contributed by atoms with E-state index in [4.69, 9.17) is 21.1 Å². The number of carboxylic acids is 1. The van der Waals surface area contributed by atoms with Crippen LogP contribution in [-0.4, -0.2) is 28.9 Å². The summed E-state index contributed by atoms with van der Waals surface area (Å²) in [6.45, 7) is 3.60. The van der Waals surface area contributed by atoms with Crippen LogP contribution in [0.1, 0.15) is 40.3 Å². The number of furan rings is 1. The zero-order valence-corrected chi connectivity index (χ0v) is 13.9. The third-order valence-electron chi connectivity index (χ3n) is 3.69. The van der Waals surface area contributed by atoms with Crippen molar-refractivity contribution in [2.24, 2.45) is 0 Å². The molecule has 0 fully saturated rings. The Bertz CT molecular complexity index is 738. The standard InChI is InChI=1S/C17H18ClNO4/c1-10(12-5-4-6-13(18)7-12)16(20)19(3)9-14-8-15(17(21)22)11(2)23-14/h4-8,10H,9H2,1-3H3,(H,21,22).